The summed E-state index contributed by atoms with van der Waals surface area (Å²) in [5.74, 6) is -0.0418. The summed E-state index contributed by atoms with van der Waals surface area (Å²) in [7, 11) is 0. The van der Waals surface area contributed by atoms with Crippen molar-refractivity contribution in [3.8, 4) is 5.75 Å². The highest BCUT2D eigenvalue weighted by atomic mass is 19.4. The summed E-state index contributed by atoms with van der Waals surface area (Å²) in [5.41, 5.74) is 3.13. The van der Waals surface area contributed by atoms with E-state index in [-0.39, 0.29) is 11.9 Å². The lowest BCUT2D eigenvalue weighted by atomic mass is 10.1. The molecule has 0 bridgehead atoms. The predicted octanol–water partition coefficient (Wildman–Crippen LogP) is 3.51. The van der Waals surface area contributed by atoms with E-state index in [2.05, 4.69) is 0 Å². The third-order valence-corrected chi connectivity index (χ3v) is 2.87. The second-order valence-electron chi connectivity index (χ2n) is 4.54. The summed E-state index contributed by atoms with van der Waals surface area (Å²) >= 11 is 0. The number of rotatable bonds is 7. The molecule has 0 radical (unpaired) electrons. The Morgan fingerprint density at radius 3 is 2.52 bits per heavy atom. The van der Waals surface area contributed by atoms with Crippen LogP contribution in [0.4, 0.5) is 18.9 Å². The van der Waals surface area contributed by atoms with Crippen molar-refractivity contribution in [3.05, 3.63) is 33.9 Å². The van der Waals surface area contributed by atoms with E-state index in [9.17, 15) is 23.3 Å². The average Bonchev–Trinajstić information content (AvgIpc) is 2.38. The number of ether oxygens (including phenoxy) is 1. The van der Waals surface area contributed by atoms with Gasteiger partial charge in [0.05, 0.1) is 11.0 Å². The van der Waals surface area contributed by atoms with Gasteiger partial charge in [-0.3, -0.25) is 10.1 Å². The molecule has 118 valence electrons. The summed E-state index contributed by atoms with van der Waals surface area (Å²) in [6, 6.07) is 2.65. The van der Waals surface area contributed by atoms with Crippen LogP contribution < -0.4 is 10.5 Å². The smallest absolute Gasteiger partial charge is 0.423 e. The van der Waals surface area contributed by atoms with Gasteiger partial charge in [0.1, 0.15) is 11.3 Å². The van der Waals surface area contributed by atoms with Crippen molar-refractivity contribution in [1.82, 2.24) is 0 Å². The molecule has 1 aromatic rings. The van der Waals surface area contributed by atoms with Gasteiger partial charge in [-0.2, -0.15) is 13.2 Å². The van der Waals surface area contributed by atoms with Crippen LogP contribution in [0.15, 0.2) is 18.2 Å². The molecule has 1 aromatic carbocycles. The minimum Gasteiger partial charge on any atom is -0.490 e. The van der Waals surface area contributed by atoms with Crippen molar-refractivity contribution in [2.24, 2.45) is 5.73 Å². The first kappa shape index (κ1) is 17.2. The first-order valence-corrected chi connectivity index (χ1v) is 6.52. The van der Waals surface area contributed by atoms with Gasteiger partial charge in [-0.05, 0) is 31.5 Å². The number of halogens is 3. The lowest BCUT2D eigenvalue weighted by Crippen LogP contribution is -2.21. The van der Waals surface area contributed by atoms with E-state index in [0.717, 1.165) is 12.5 Å². The van der Waals surface area contributed by atoms with E-state index in [1.807, 2.05) is 6.92 Å². The van der Waals surface area contributed by atoms with Crippen LogP contribution in [0.3, 0.4) is 0 Å². The molecule has 0 saturated carbocycles. The molecule has 5 nitrogen and oxygen atoms in total. The third kappa shape index (κ3) is 4.89. The van der Waals surface area contributed by atoms with Crippen LogP contribution >= 0.6 is 0 Å². The number of benzene rings is 1. The molecule has 8 heteroatoms. The standard InChI is InChI=1S/C13H17F3N2O3/c1-2-3-9(6-7-17)21-10-4-5-12(18(19)20)11(8-10)13(14,15)16/h4-5,8-9H,2-3,6-7,17H2,1H3. The average molecular weight is 306 g/mol. The predicted molar refractivity (Wildman–Crippen MR) is 71.1 cm³/mol. The Balaban J connectivity index is 3.07. The molecule has 0 aliphatic carbocycles. The lowest BCUT2D eigenvalue weighted by Gasteiger charge is -2.18. The van der Waals surface area contributed by atoms with Crippen LogP contribution in [0, 0.1) is 10.1 Å². The molecule has 21 heavy (non-hydrogen) atoms. The summed E-state index contributed by atoms with van der Waals surface area (Å²) in [6.07, 6.45) is -3.16. The van der Waals surface area contributed by atoms with Crippen LogP contribution in [-0.4, -0.2) is 17.6 Å². The maximum absolute atomic E-state index is 12.8. The Hall–Kier alpha value is -1.83. The van der Waals surface area contributed by atoms with Gasteiger partial charge >= 0.3 is 6.18 Å². The molecule has 1 rings (SSSR count). The van der Waals surface area contributed by atoms with E-state index in [1.165, 1.54) is 6.07 Å². The minimum atomic E-state index is -4.81. The largest absolute Gasteiger partial charge is 0.490 e. The number of hydrogen-bond donors (Lipinski definition) is 1. The zero-order valence-electron chi connectivity index (χ0n) is 11.5. The molecule has 0 amide bonds. The van der Waals surface area contributed by atoms with Crippen LogP contribution in [0.25, 0.3) is 0 Å². The fourth-order valence-electron chi connectivity index (χ4n) is 1.94. The lowest BCUT2D eigenvalue weighted by molar-refractivity contribution is -0.388. The Morgan fingerprint density at radius 1 is 1.38 bits per heavy atom. The number of nitro groups is 1. The summed E-state index contributed by atoms with van der Waals surface area (Å²) in [4.78, 5) is 9.60. The number of nitrogens with two attached hydrogens (primary N) is 1. The highest BCUT2D eigenvalue weighted by Crippen LogP contribution is 2.38. The summed E-state index contributed by atoms with van der Waals surface area (Å²) < 4.78 is 44.0. The van der Waals surface area contributed by atoms with Gasteiger partial charge in [0.25, 0.3) is 5.69 Å². The molecule has 0 fully saturated rings. The Morgan fingerprint density at radius 2 is 2.05 bits per heavy atom. The number of nitrogens with zero attached hydrogens (tertiary/aromatic N) is 1. The molecule has 0 heterocycles. The van der Waals surface area contributed by atoms with Crippen LogP contribution in [-0.2, 0) is 6.18 Å². The molecule has 1 atom stereocenters. The molecule has 0 spiro atoms. The van der Waals surface area contributed by atoms with Crippen molar-refractivity contribution >= 4 is 5.69 Å². The van der Waals surface area contributed by atoms with Crippen LogP contribution in [0.1, 0.15) is 31.7 Å². The zero-order valence-corrected chi connectivity index (χ0v) is 11.5. The van der Waals surface area contributed by atoms with E-state index >= 15 is 0 Å². The molecular formula is C13H17F3N2O3. The van der Waals surface area contributed by atoms with Gasteiger partial charge in [-0.15, -0.1) is 0 Å². The van der Waals surface area contributed by atoms with Gasteiger partial charge in [0.2, 0.25) is 0 Å². The fourth-order valence-corrected chi connectivity index (χ4v) is 1.94. The van der Waals surface area contributed by atoms with Gasteiger partial charge in [0, 0.05) is 6.07 Å². The zero-order chi connectivity index (χ0) is 16.0. The van der Waals surface area contributed by atoms with Crippen molar-refractivity contribution in [2.75, 3.05) is 6.54 Å². The monoisotopic (exact) mass is 306 g/mol. The van der Waals surface area contributed by atoms with E-state index in [4.69, 9.17) is 10.5 Å². The molecule has 1 unspecified atom stereocenters. The Kier molecular flexibility index (Phi) is 5.95. The van der Waals surface area contributed by atoms with Gasteiger partial charge in [0.15, 0.2) is 0 Å². The fraction of sp³-hybridized carbons (Fsp3) is 0.538. The second-order valence-corrected chi connectivity index (χ2v) is 4.54. The molecule has 0 saturated heterocycles. The molecular weight excluding hydrogens is 289 g/mol. The quantitative estimate of drug-likeness (QED) is 0.617. The number of hydrogen-bond acceptors (Lipinski definition) is 4. The normalized spacial score (nSPS) is 13.0. The van der Waals surface area contributed by atoms with E-state index in [0.29, 0.717) is 25.5 Å². The third-order valence-electron chi connectivity index (χ3n) is 2.87. The minimum absolute atomic E-state index is 0.0418. The first-order valence-electron chi connectivity index (χ1n) is 6.52. The maximum atomic E-state index is 12.8. The van der Waals surface area contributed by atoms with Crippen LogP contribution in [0.5, 0.6) is 5.75 Å². The summed E-state index contributed by atoms with van der Waals surface area (Å²) in [5, 5.41) is 10.7. The van der Waals surface area contributed by atoms with Crippen molar-refractivity contribution < 1.29 is 22.8 Å². The van der Waals surface area contributed by atoms with E-state index < -0.39 is 22.4 Å². The SMILES string of the molecule is CCCC(CCN)Oc1ccc([N+](=O)[O-])c(C(F)(F)F)c1. The van der Waals surface area contributed by atoms with Crippen molar-refractivity contribution in [1.29, 1.82) is 0 Å². The topological polar surface area (TPSA) is 78.4 Å². The van der Waals surface area contributed by atoms with Gasteiger partial charge < -0.3 is 10.5 Å². The number of nitro benzene ring substituents is 1. The highest BCUT2D eigenvalue weighted by Gasteiger charge is 2.38. The Labute approximate surface area is 120 Å². The summed E-state index contributed by atoms with van der Waals surface area (Å²) in [6.45, 7) is 2.27. The van der Waals surface area contributed by atoms with Gasteiger partial charge in [-0.25, -0.2) is 0 Å². The van der Waals surface area contributed by atoms with Crippen molar-refractivity contribution in [3.63, 3.8) is 0 Å². The van der Waals surface area contributed by atoms with Gasteiger partial charge in [-0.1, -0.05) is 13.3 Å². The first-order chi connectivity index (χ1) is 9.79. The molecule has 0 aliphatic rings. The van der Waals surface area contributed by atoms with Crippen LogP contribution in [0.2, 0.25) is 0 Å². The molecule has 0 aliphatic heterocycles. The van der Waals surface area contributed by atoms with E-state index in [1.54, 1.807) is 0 Å². The molecule has 2 N–H and O–H groups in total. The number of alkyl halides is 3. The molecule has 0 aromatic heterocycles. The Bertz CT molecular complexity index is 486. The van der Waals surface area contributed by atoms with Crippen molar-refractivity contribution in [2.45, 2.75) is 38.5 Å². The maximum Gasteiger partial charge on any atom is 0.423 e. The second kappa shape index (κ2) is 7.26. The highest BCUT2D eigenvalue weighted by molar-refractivity contribution is 5.47.